The number of aryl methyl sites for hydroxylation is 1. The number of benzene rings is 3. The number of halogens is 1. The number of rotatable bonds is 6. The maximum atomic E-state index is 11.8. The van der Waals surface area contributed by atoms with Crippen LogP contribution in [0.4, 0.5) is 5.69 Å². The Morgan fingerprint density at radius 1 is 1.05 bits per heavy atom. The molecule has 0 amide bonds. The molecule has 0 bridgehead atoms. The van der Waals surface area contributed by atoms with E-state index in [1.165, 1.54) is 0 Å². The van der Waals surface area contributed by atoms with Crippen molar-refractivity contribution < 1.29 is 19.0 Å². The van der Waals surface area contributed by atoms with Gasteiger partial charge in [-0.3, -0.25) is 13.9 Å². The first-order valence-corrected chi connectivity index (χ1v) is 13.7. The molecule has 5 rings (SSSR count). The van der Waals surface area contributed by atoms with Crippen LogP contribution in [0.1, 0.15) is 29.0 Å². The minimum absolute atomic E-state index is 0.121. The number of hydrogen-bond donors (Lipinski definition) is 3. The van der Waals surface area contributed by atoms with Crippen molar-refractivity contribution in [3.63, 3.8) is 0 Å². The Kier molecular flexibility index (Phi) is 6.86. The molecule has 1 atom stereocenters. The van der Waals surface area contributed by atoms with E-state index in [4.69, 9.17) is 11.6 Å². The average Bonchev–Trinajstić information content (AvgIpc) is 3.21. The van der Waals surface area contributed by atoms with Crippen molar-refractivity contribution in [1.29, 1.82) is 0 Å². The fourth-order valence-electron chi connectivity index (χ4n) is 4.82. The molecule has 0 saturated carbocycles. The van der Waals surface area contributed by atoms with Gasteiger partial charge in [-0.2, -0.15) is 4.31 Å². The predicted octanol–water partition coefficient (Wildman–Crippen LogP) is 5.20. The lowest BCUT2D eigenvalue weighted by atomic mass is 9.87. The van der Waals surface area contributed by atoms with Gasteiger partial charge in [0.1, 0.15) is 5.52 Å². The van der Waals surface area contributed by atoms with Gasteiger partial charge in [0, 0.05) is 44.7 Å². The Hall–Kier alpha value is -3.15. The smallest absolute Gasteiger partial charge is 0.304 e. The summed E-state index contributed by atoms with van der Waals surface area (Å²) in [6.45, 7) is 1.21. The highest BCUT2D eigenvalue weighted by molar-refractivity contribution is 8.22. The van der Waals surface area contributed by atoms with Crippen LogP contribution in [0.2, 0.25) is 5.02 Å². The number of para-hydroxylation sites is 1. The second-order valence-corrected chi connectivity index (χ2v) is 11.6. The van der Waals surface area contributed by atoms with Gasteiger partial charge in [-0.1, -0.05) is 47.1 Å². The van der Waals surface area contributed by atoms with Gasteiger partial charge in [-0.15, -0.1) is 15.9 Å². The summed E-state index contributed by atoms with van der Waals surface area (Å²) >= 11 is 6.59. The largest absolute Gasteiger partial charge is 0.481 e. The molecule has 37 heavy (non-hydrogen) atoms. The van der Waals surface area contributed by atoms with Crippen LogP contribution in [0.15, 0.2) is 65.6 Å². The van der Waals surface area contributed by atoms with Gasteiger partial charge in [-0.25, -0.2) is 4.68 Å². The summed E-state index contributed by atoms with van der Waals surface area (Å²) in [6.07, 6.45) is -0.121. The van der Waals surface area contributed by atoms with Gasteiger partial charge in [-0.05, 0) is 47.0 Å². The maximum absolute atomic E-state index is 11.8. The van der Waals surface area contributed by atoms with Crippen LogP contribution < -0.4 is 4.90 Å². The van der Waals surface area contributed by atoms with Crippen molar-refractivity contribution in [3.8, 4) is 0 Å². The van der Waals surface area contributed by atoms with Crippen LogP contribution in [0.25, 0.3) is 11.0 Å². The molecular weight excluding hydrogens is 514 g/mol. The molecule has 1 aromatic heterocycles. The number of hydrogen-bond acceptors (Lipinski definition) is 7. The van der Waals surface area contributed by atoms with E-state index in [-0.39, 0.29) is 13.0 Å². The number of nitrogens with zero attached hydrogens (tertiary/aromatic N) is 5. The molecule has 4 aromatic rings. The van der Waals surface area contributed by atoms with Gasteiger partial charge in [0.2, 0.25) is 0 Å². The number of likely N-dealkylation sites (N-methyl/N-ethyl adjacent to an activating group) is 1. The third-order valence-electron chi connectivity index (χ3n) is 6.85. The van der Waals surface area contributed by atoms with Crippen LogP contribution in [0.5, 0.6) is 0 Å². The van der Waals surface area contributed by atoms with Crippen molar-refractivity contribution in [2.75, 3.05) is 25.0 Å². The van der Waals surface area contributed by atoms with Crippen LogP contribution in [-0.2, 0) is 18.4 Å². The van der Waals surface area contributed by atoms with Crippen molar-refractivity contribution in [1.82, 2.24) is 19.3 Å². The lowest BCUT2D eigenvalue weighted by molar-refractivity contribution is -0.137. The zero-order chi connectivity index (χ0) is 26.3. The highest BCUT2D eigenvalue weighted by atomic mass is 35.5. The van der Waals surface area contributed by atoms with E-state index in [0.717, 1.165) is 22.3 Å². The Morgan fingerprint density at radius 3 is 2.57 bits per heavy atom. The third kappa shape index (κ3) is 4.90. The zero-order valence-electron chi connectivity index (χ0n) is 20.5. The Morgan fingerprint density at radius 2 is 1.78 bits per heavy atom. The summed E-state index contributed by atoms with van der Waals surface area (Å²) < 4.78 is 26.0. The van der Waals surface area contributed by atoms with E-state index in [2.05, 4.69) is 10.3 Å². The van der Waals surface area contributed by atoms with E-state index >= 15 is 0 Å². The number of aromatic nitrogens is 3. The van der Waals surface area contributed by atoms with Gasteiger partial charge in [0.05, 0.1) is 22.5 Å². The molecule has 9 nitrogen and oxygen atoms in total. The fourth-order valence-corrected chi connectivity index (χ4v) is 6.70. The molecule has 0 saturated heterocycles. The number of carbonyl (C=O) groups is 1. The molecule has 1 aliphatic rings. The van der Waals surface area contributed by atoms with Crippen molar-refractivity contribution in [2.45, 2.75) is 23.8 Å². The average molecular weight is 542 g/mol. The minimum Gasteiger partial charge on any atom is -0.481 e. The topological polar surface area (TPSA) is 115 Å². The number of carboxylic acids is 1. The molecule has 194 valence electrons. The summed E-state index contributed by atoms with van der Waals surface area (Å²) in [5.41, 5.74) is 4.59. The zero-order valence-corrected chi connectivity index (χ0v) is 22.0. The van der Waals surface area contributed by atoms with E-state index in [9.17, 15) is 19.0 Å². The number of aliphatic carboxylic acids is 1. The molecule has 0 spiro atoms. The summed E-state index contributed by atoms with van der Waals surface area (Å²) in [5, 5.41) is 18.4. The van der Waals surface area contributed by atoms with Crippen LogP contribution in [-0.4, -0.2) is 59.6 Å². The van der Waals surface area contributed by atoms with Gasteiger partial charge >= 0.3 is 5.97 Å². The second kappa shape index (κ2) is 9.96. The SMILES string of the molecule is CN1CCN(Cc2cc(C(CC(=O)O)c3ccc4c(c3)nnn4C)ccc2Cl)S(O)(O)c2ccccc21. The number of carboxylic acid groups (broad SMARTS) is 1. The first-order valence-electron chi connectivity index (χ1n) is 11.8. The van der Waals surface area contributed by atoms with E-state index in [1.807, 2.05) is 54.4 Å². The van der Waals surface area contributed by atoms with Gasteiger partial charge in [0.15, 0.2) is 0 Å². The lowest BCUT2D eigenvalue weighted by Crippen LogP contribution is -2.31. The summed E-state index contributed by atoms with van der Waals surface area (Å²) in [6, 6.07) is 18.4. The Labute approximate surface area is 221 Å². The van der Waals surface area contributed by atoms with E-state index in [0.29, 0.717) is 34.1 Å². The molecule has 11 heteroatoms. The van der Waals surface area contributed by atoms with Crippen molar-refractivity contribution in [3.05, 3.63) is 82.4 Å². The highest BCUT2D eigenvalue weighted by Crippen LogP contribution is 2.57. The normalized spacial score (nSPS) is 17.3. The first kappa shape index (κ1) is 25.5. The van der Waals surface area contributed by atoms with E-state index in [1.54, 1.807) is 34.2 Å². The van der Waals surface area contributed by atoms with Crippen molar-refractivity contribution in [2.24, 2.45) is 7.05 Å². The highest BCUT2D eigenvalue weighted by Gasteiger charge is 2.32. The molecule has 3 aromatic carbocycles. The Balaban J connectivity index is 1.51. The molecule has 0 fully saturated rings. The molecule has 1 unspecified atom stereocenters. The fraction of sp³-hybridized carbons (Fsp3) is 0.269. The monoisotopic (exact) mass is 541 g/mol. The van der Waals surface area contributed by atoms with Crippen LogP contribution in [0.3, 0.4) is 0 Å². The summed E-state index contributed by atoms with van der Waals surface area (Å²) in [7, 11) is 0.459. The molecule has 2 heterocycles. The number of fused-ring (bicyclic) bond motifs is 2. The van der Waals surface area contributed by atoms with Crippen LogP contribution in [0, 0.1) is 0 Å². The molecule has 0 radical (unpaired) electrons. The molecule has 1 aliphatic heterocycles. The molecule has 0 aliphatic carbocycles. The lowest BCUT2D eigenvalue weighted by Gasteiger charge is -2.42. The Bertz CT molecular complexity index is 1480. The summed E-state index contributed by atoms with van der Waals surface area (Å²) in [4.78, 5) is 14.3. The number of anilines is 1. The minimum atomic E-state index is -3.27. The van der Waals surface area contributed by atoms with E-state index < -0.39 is 22.7 Å². The van der Waals surface area contributed by atoms with Gasteiger partial charge < -0.3 is 10.0 Å². The van der Waals surface area contributed by atoms with Crippen molar-refractivity contribution >= 4 is 45.1 Å². The van der Waals surface area contributed by atoms with Crippen LogP contribution >= 0.6 is 22.4 Å². The standard InChI is InChI=1S/C26H28ClN5O4S/c1-30-11-12-32(37(35,36)25-6-4-3-5-24(25)30)16-19-13-17(7-9-21(19)27)20(15-26(33)34)18-8-10-23-22(14-18)28-29-31(23)2/h3-10,13-14,20,35-36H,11-12,15-16H2,1-2H3,(H,33,34). The quantitative estimate of drug-likeness (QED) is 0.305. The molecule has 3 N–H and O–H groups in total. The summed E-state index contributed by atoms with van der Waals surface area (Å²) in [5.74, 6) is -1.38. The predicted molar refractivity (Wildman–Crippen MR) is 145 cm³/mol. The maximum Gasteiger partial charge on any atom is 0.304 e. The second-order valence-electron chi connectivity index (χ2n) is 9.23. The molecular formula is C26H28ClN5O4S. The first-order chi connectivity index (χ1) is 17.6. The van der Waals surface area contributed by atoms with Gasteiger partial charge in [0.25, 0.3) is 0 Å². The third-order valence-corrected chi connectivity index (χ3v) is 9.19.